The van der Waals surface area contributed by atoms with Gasteiger partial charge in [-0.15, -0.1) is 0 Å². The first kappa shape index (κ1) is 24.9. The number of carbonyl (C=O) groups is 1. The Morgan fingerprint density at radius 1 is 0.903 bits per heavy atom. The van der Waals surface area contributed by atoms with Crippen molar-refractivity contribution in [2.24, 2.45) is 0 Å². The van der Waals surface area contributed by atoms with Gasteiger partial charge >= 0.3 is 5.63 Å². The number of unbranched alkanes of at least 4 members (excludes halogenated alkanes) is 10. The third kappa shape index (κ3) is 8.72. The van der Waals surface area contributed by atoms with Crippen molar-refractivity contribution in [2.75, 3.05) is 13.2 Å². The molecule has 0 amide bonds. The lowest BCUT2D eigenvalue weighted by atomic mass is 10.1. The number of hydrogen-bond donors (Lipinski definition) is 0. The molecule has 0 bridgehead atoms. The van der Waals surface area contributed by atoms with Crippen molar-refractivity contribution in [3.8, 4) is 5.75 Å². The van der Waals surface area contributed by atoms with Gasteiger partial charge in [0.25, 0.3) is 6.47 Å². The summed E-state index contributed by atoms with van der Waals surface area (Å²) in [5.41, 5.74) is -0.164. The summed E-state index contributed by atoms with van der Waals surface area (Å²) in [6, 6.07) is 5.23. The van der Waals surface area contributed by atoms with Crippen LogP contribution in [0.3, 0.4) is 0 Å². The fraction of sp³-hybridized carbons (Fsp3) is 0.600. The third-order valence-corrected chi connectivity index (χ3v) is 5.52. The Kier molecular flexibility index (Phi) is 11.7. The van der Waals surface area contributed by atoms with Crippen molar-refractivity contribution in [3.63, 3.8) is 0 Å². The van der Waals surface area contributed by atoms with Crippen molar-refractivity contribution < 1.29 is 23.1 Å². The predicted molar refractivity (Wildman–Crippen MR) is 120 cm³/mol. The highest BCUT2D eigenvalue weighted by Gasteiger charge is 2.13. The molecule has 0 N–H and O–H groups in total. The van der Waals surface area contributed by atoms with Crippen LogP contribution in [0, 0.1) is 5.82 Å². The second-order valence-corrected chi connectivity index (χ2v) is 7.90. The Bertz CT molecular complexity index is 846. The molecule has 0 atom stereocenters. The lowest BCUT2D eigenvalue weighted by Gasteiger charge is -2.09. The molecule has 1 aromatic heterocycles. The maximum Gasteiger partial charge on any atom is 0.372 e. The number of halogens is 1. The maximum atomic E-state index is 13.9. The fourth-order valence-corrected chi connectivity index (χ4v) is 3.77. The van der Waals surface area contributed by atoms with Crippen LogP contribution in [0.15, 0.2) is 27.4 Å². The van der Waals surface area contributed by atoms with E-state index in [1.807, 2.05) is 6.92 Å². The average Bonchev–Trinajstić information content (AvgIpc) is 2.77. The van der Waals surface area contributed by atoms with Gasteiger partial charge in [-0.2, -0.15) is 4.39 Å². The highest BCUT2D eigenvalue weighted by molar-refractivity contribution is 5.81. The highest BCUT2D eigenvalue weighted by Crippen LogP contribution is 2.24. The van der Waals surface area contributed by atoms with E-state index in [0.29, 0.717) is 48.4 Å². The summed E-state index contributed by atoms with van der Waals surface area (Å²) >= 11 is 0. The van der Waals surface area contributed by atoms with Crippen molar-refractivity contribution >= 4 is 17.4 Å². The monoisotopic (exact) mass is 434 g/mol. The van der Waals surface area contributed by atoms with Crippen molar-refractivity contribution in [3.05, 3.63) is 40.0 Å². The van der Waals surface area contributed by atoms with E-state index in [4.69, 9.17) is 9.15 Å². The molecular formula is C25H35FO5. The van der Waals surface area contributed by atoms with Crippen LogP contribution >= 0.6 is 0 Å². The number of benzene rings is 1. The Morgan fingerprint density at radius 2 is 1.48 bits per heavy atom. The van der Waals surface area contributed by atoms with Crippen LogP contribution in [0.2, 0.25) is 0 Å². The van der Waals surface area contributed by atoms with Gasteiger partial charge in [0.2, 0.25) is 5.82 Å². The van der Waals surface area contributed by atoms with Crippen LogP contribution in [-0.2, 0) is 16.0 Å². The second-order valence-electron chi connectivity index (χ2n) is 7.90. The molecule has 1 aromatic carbocycles. The van der Waals surface area contributed by atoms with E-state index in [-0.39, 0.29) is 0 Å². The summed E-state index contributed by atoms with van der Waals surface area (Å²) in [6.07, 6.45) is 13.4. The van der Waals surface area contributed by atoms with Gasteiger partial charge in [-0.1, -0.05) is 64.7 Å². The van der Waals surface area contributed by atoms with Gasteiger partial charge in [-0.25, -0.2) is 4.79 Å². The zero-order valence-electron chi connectivity index (χ0n) is 18.6. The van der Waals surface area contributed by atoms with Crippen molar-refractivity contribution in [1.82, 2.24) is 0 Å². The summed E-state index contributed by atoms with van der Waals surface area (Å²) in [6.45, 7) is 3.49. The molecule has 6 heteroatoms. The molecular weight excluding hydrogens is 399 g/mol. The van der Waals surface area contributed by atoms with Gasteiger partial charge in [0, 0.05) is 17.0 Å². The summed E-state index contributed by atoms with van der Waals surface area (Å²) in [4.78, 5) is 21.7. The van der Waals surface area contributed by atoms with Crippen LogP contribution in [0.25, 0.3) is 11.0 Å². The number of fused-ring (bicyclic) bond motifs is 1. The lowest BCUT2D eigenvalue weighted by molar-refractivity contribution is -0.128. The predicted octanol–water partition coefficient (Wildman–Crippen LogP) is 6.34. The molecule has 0 spiro atoms. The summed E-state index contributed by atoms with van der Waals surface area (Å²) in [7, 11) is 0. The SMILES string of the molecule is CCc1c(F)c(=O)oc2cc(OCCCCCCCCCCCCCOC=O)ccc12. The number of ether oxygens (including phenoxy) is 2. The van der Waals surface area contributed by atoms with Gasteiger partial charge < -0.3 is 13.9 Å². The maximum absolute atomic E-state index is 13.9. The Balaban J connectivity index is 1.53. The zero-order valence-corrected chi connectivity index (χ0v) is 18.6. The second kappa shape index (κ2) is 14.6. The molecule has 5 nitrogen and oxygen atoms in total. The molecule has 0 aliphatic heterocycles. The summed E-state index contributed by atoms with van der Waals surface area (Å²) < 4.78 is 29.4. The molecule has 0 radical (unpaired) electrons. The van der Waals surface area contributed by atoms with E-state index < -0.39 is 11.4 Å². The van der Waals surface area contributed by atoms with E-state index in [1.165, 1.54) is 44.9 Å². The minimum Gasteiger partial charge on any atom is -0.493 e. The number of carbonyl (C=O) groups excluding carboxylic acids is 1. The molecule has 2 rings (SSSR count). The van der Waals surface area contributed by atoms with Crippen LogP contribution in [0.1, 0.15) is 83.1 Å². The van der Waals surface area contributed by atoms with Gasteiger partial charge in [-0.05, 0) is 31.4 Å². The standard InChI is InChI=1S/C25H35FO5/c1-2-21-22-15-14-20(18-23(22)31-25(28)24(21)26)30-17-13-11-9-7-5-3-4-6-8-10-12-16-29-19-27/h14-15,18-19H,2-13,16-17H2,1H3. The van der Waals surface area contributed by atoms with E-state index in [1.54, 1.807) is 18.2 Å². The van der Waals surface area contributed by atoms with E-state index in [2.05, 4.69) is 4.74 Å². The summed E-state index contributed by atoms with van der Waals surface area (Å²) in [5, 5.41) is 0.624. The first-order chi connectivity index (χ1) is 15.2. The molecule has 0 aliphatic rings. The zero-order chi connectivity index (χ0) is 22.3. The molecule has 2 aromatic rings. The van der Waals surface area contributed by atoms with E-state index in [0.717, 1.165) is 25.7 Å². The average molecular weight is 435 g/mol. The first-order valence-corrected chi connectivity index (χ1v) is 11.6. The van der Waals surface area contributed by atoms with Crippen LogP contribution in [-0.4, -0.2) is 19.7 Å². The fourth-order valence-electron chi connectivity index (χ4n) is 3.77. The summed E-state index contributed by atoms with van der Waals surface area (Å²) in [5.74, 6) is -0.160. The van der Waals surface area contributed by atoms with Gasteiger partial charge in [0.1, 0.15) is 11.3 Å². The Labute approximate surface area is 183 Å². The van der Waals surface area contributed by atoms with Crippen LogP contribution in [0.5, 0.6) is 5.75 Å². The highest BCUT2D eigenvalue weighted by atomic mass is 19.1. The van der Waals surface area contributed by atoms with Crippen molar-refractivity contribution in [1.29, 1.82) is 0 Å². The molecule has 0 aliphatic carbocycles. The number of hydrogen-bond acceptors (Lipinski definition) is 5. The minimum absolute atomic E-state index is 0.370. The van der Waals surface area contributed by atoms with Crippen LogP contribution in [0.4, 0.5) is 4.39 Å². The lowest BCUT2D eigenvalue weighted by Crippen LogP contribution is -2.09. The number of aryl methyl sites for hydroxylation is 1. The molecule has 0 saturated heterocycles. The van der Waals surface area contributed by atoms with Gasteiger partial charge in [0.05, 0.1) is 13.2 Å². The smallest absolute Gasteiger partial charge is 0.372 e. The largest absolute Gasteiger partial charge is 0.493 e. The topological polar surface area (TPSA) is 65.7 Å². The van der Waals surface area contributed by atoms with Gasteiger partial charge in [-0.3, -0.25) is 4.79 Å². The first-order valence-electron chi connectivity index (χ1n) is 11.6. The van der Waals surface area contributed by atoms with E-state index >= 15 is 0 Å². The molecule has 1 heterocycles. The van der Waals surface area contributed by atoms with Gasteiger partial charge in [0.15, 0.2) is 0 Å². The molecule has 0 unspecified atom stereocenters. The van der Waals surface area contributed by atoms with E-state index in [9.17, 15) is 14.0 Å². The third-order valence-electron chi connectivity index (χ3n) is 5.52. The molecule has 31 heavy (non-hydrogen) atoms. The normalized spacial score (nSPS) is 11.0. The Morgan fingerprint density at radius 3 is 2.06 bits per heavy atom. The molecule has 0 saturated carbocycles. The quantitative estimate of drug-likeness (QED) is 0.165. The van der Waals surface area contributed by atoms with Crippen molar-refractivity contribution in [2.45, 2.75) is 84.0 Å². The minimum atomic E-state index is -0.925. The van der Waals surface area contributed by atoms with Crippen LogP contribution < -0.4 is 10.4 Å². The Hall–Kier alpha value is -2.37. The number of rotatable bonds is 17. The molecule has 172 valence electrons. The molecule has 0 fully saturated rings.